The Labute approximate surface area is 331 Å². The topological polar surface area (TPSA) is 56.7 Å². The van der Waals surface area contributed by atoms with Gasteiger partial charge in [-0.25, -0.2) is 15.0 Å². The van der Waals surface area contributed by atoms with Gasteiger partial charge in [-0.2, -0.15) is 0 Å². The van der Waals surface area contributed by atoms with E-state index >= 15 is 0 Å². The zero-order valence-corrected chi connectivity index (χ0v) is 29.7. The molecule has 56 heavy (non-hydrogen) atoms. The molecule has 0 aliphatic rings. The molecule has 0 atom stereocenters. The maximum atomic E-state index is 9.55. The summed E-state index contributed by atoms with van der Waals surface area (Å²) in [6.45, 7) is 0. The van der Waals surface area contributed by atoms with Gasteiger partial charge in [0.2, 0.25) is 0 Å². The number of para-hydroxylation sites is 4. The largest absolute Gasteiger partial charge is 0.455 e. The standard InChI is InChI=1S/C51H32N4O/c1-3-16-33(17-4-1)36-20-7-8-24-42(36)51-53-49(34-18-5-2-6-19-34)52-50(54-51)35-30-31-46(55-44-27-12-9-21-37(44)38-22-10-13-28-45(38)55)43(32-35)41-26-15-25-40-39-23-11-14-29-47(39)56-48(40)41/h1-32H/i11D,15D,23D,25D,26D,29D. The van der Waals surface area contributed by atoms with Crippen LogP contribution in [0.15, 0.2) is 198 Å². The van der Waals surface area contributed by atoms with E-state index in [1.807, 2.05) is 127 Å². The van der Waals surface area contributed by atoms with Crippen molar-refractivity contribution in [3.63, 3.8) is 0 Å². The van der Waals surface area contributed by atoms with Crippen LogP contribution in [0.3, 0.4) is 0 Å². The quantitative estimate of drug-likeness (QED) is 0.171. The number of aromatic nitrogens is 4. The van der Waals surface area contributed by atoms with Crippen LogP contribution in [0.4, 0.5) is 0 Å². The second-order valence-corrected chi connectivity index (χ2v) is 13.5. The first kappa shape index (κ1) is 26.2. The van der Waals surface area contributed by atoms with E-state index in [4.69, 9.17) is 26.2 Å². The lowest BCUT2D eigenvalue weighted by atomic mass is 9.97. The number of hydrogen-bond acceptors (Lipinski definition) is 4. The van der Waals surface area contributed by atoms with Crippen LogP contribution < -0.4 is 0 Å². The summed E-state index contributed by atoms with van der Waals surface area (Å²) in [5.74, 6) is 1.29. The molecule has 0 saturated carbocycles. The normalized spacial score (nSPS) is 13.1. The molecule has 262 valence electrons. The summed E-state index contributed by atoms with van der Waals surface area (Å²) in [6.07, 6.45) is 0. The summed E-state index contributed by atoms with van der Waals surface area (Å²) in [5, 5.41) is 2.24. The molecule has 8 aromatic carbocycles. The van der Waals surface area contributed by atoms with Crippen LogP contribution in [0, 0.1) is 0 Å². The van der Waals surface area contributed by atoms with Crippen LogP contribution in [0.1, 0.15) is 8.22 Å². The monoisotopic (exact) mass is 722 g/mol. The highest BCUT2D eigenvalue weighted by Crippen LogP contribution is 2.42. The number of nitrogens with zero attached hydrogens (tertiary/aromatic N) is 4. The fraction of sp³-hybridized carbons (Fsp3) is 0. The minimum atomic E-state index is -0.374. The fourth-order valence-electron chi connectivity index (χ4n) is 7.70. The van der Waals surface area contributed by atoms with E-state index in [2.05, 4.69) is 28.8 Å². The van der Waals surface area contributed by atoms with Gasteiger partial charge in [-0.05, 0) is 47.5 Å². The van der Waals surface area contributed by atoms with Crippen molar-refractivity contribution in [2.75, 3.05) is 0 Å². The summed E-state index contributed by atoms with van der Waals surface area (Å²) >= 11 is 0. The summed E-state index contributed by atoms with van der Waals surface area (Å²) in [5.41, 5.74) is 7.41. The first-order valence-corrected chi connectivity index (χ1v) is 18.3. The van der Waals surface area contributed by atoms with Gasteiger partial charge in [0.15, 0.2) is 17.5 Å². The van der Waals surface area contributed by atoms with Crippen LogP contribution in [0.25, 0.3) is 106 Å². The predicted octanol–water partition coefficient (Wildman–Crippen LogP) is 13.2. The van der Waals surface area contributed by atoms with Crippen molar-refractivity contribution in [3.05, 3.63) is 194 Å². The Balaban J connectivity index is 1.25. The Morgan fingerprint density at radius 3 is 1.77 bits per heavy atom. The molecule has 0 aliphatic heterocycles. The molecule has 3 heterocycles. The Bertz CT molecular complexity index is 3550. The molecule has 0 fully saturated rings. The Morgan fingerprint density at radius 1 is 0.411 bits per heavy atom. The van der Waals surface area contributed by atoms with Gasteiger partial charge >= 0.3 is 0 Å². The SMILES string of the molecule is [2H]c1cc([2H])c2oc3c(-c4cc(-c5nc(-c6ccccc6)nc(-c6ccccc6-c6ccccc6)n5)ccc4-n4c5ccccc5c5ccccc54)c([2H])c([2H])c([2H])c3c2c1[2H]. The molecule has 3 aromatic heterocycles. The maximum absolute atomic E-state index is 9.55. The Kier molecular flexibility index (Phi) is 6.10. The van der Waals surface area contributed by atoms with Gasteiger partial charge in [0.05, 0.1) is 24.9 Å². The summed E-state index contributed by atoms with van der Waals surface area (Å²) in [4.78, 5) is 15.3. The highest BCUT2D eigenvalue weighted by Gasteiger charge is 2.22. The van der Waals surface area contributed by atoms with Gasteiger partial charge in [-0.3, -0.25) is 0 Å². The average Bonchev–Trinajstić information content (AvgIpc) is 3.88. The molecule has 0 saturated heterocycles. The van der Waals surface area contributed by atoms with E-state index in [0.717, 1.165) is 44.1 Å². The molecular weight excluding hydrogens is 685 g/mol. The third-order valence-corrected chi connectivity index (χ3v) is 10.2. The van der Waals surface area contributed by atoms with Gasteiger partial charge in [0.25, 0.3) is 0 Å². The lowest BCUT2D eigenvalue weighted by Gasteiger charge is -2.17. The van der Waals surface area contributed by atoms with Gasteiger partial charge < -0.3 is 8.98 Å². The van der Waals surface area contributed by atoms with E-state index in [0.29, 0.717) is 34.3 Å². The van der Waals surface area contributed by atoms with Gasteiger partial charge in [0, 0.05) is 49.4 Å². The van der Waals surface area contributed by atoms with Crippen LogP contribution in [0.2, 0.25) is 0 Å². The van der Waals surface area contributed by atoms with Gasteiger partial charge in [-0.1, -0.05) is 158 Å². The summed E-state index contributed by atoms with van der Waals surface area (Å²) in [6, 6.07) is 49.5. The van der Waals surface area contributed by atoms with Crippen LogP contribution in [-0.4, -0.2) is 19.5 Å². The van der Waals surface area contributed by atoms with E-state index in [1.54, 1.807) is 0 Å². The zero-order chi connectivity index (χ0) is 42.2. The van der Waals surface area contributed by atoms with Crippen molar-refractivity contribution in [1.82, 2.24) is 19.5 Å². The Hall–Kier alpha value is -7.63. The number of benzene rings is 8. The lowest BCUT2D eigenvalue weighted by Crippen LogP contribution is -2.02. The van der Waals surface area contributed by atoms with Crippen molar-refractivity contribution < 1.29 is 12.6 Å². The molecule has 0 radical (unpaired) electrons. The highest BCUT2D eigenvalue weighted by atomic mass is 16.3. The molecule has 0 aliphatic carbocycles. The minimum Gasteiger partial charge on any atom is -0.455 e. The van der Waals surface area contributed by atoms with Crippen LogP contribution >= 0.6 is 0 Å². The Morgan fingerprint density at radius 2 is 1.02 bits per heavy atom. The number of furan rings is 1. The van der Waals surface area contributed by atoms with Crippen molar-refractivity contribution in [1.29, 1.82) is 0 Å². The molecule has 0 amide bonds. The first-order chi connectivity index (χ1) is 30.3. The van der Waals surface area contributed by atoms with E-state index in [1.165, 1.54) is 6.07 Å². The van der Waals surface area contributed by atoms with E-state index in [-0.39, 0.29) is 63.8 Å². The predicted molar refractivity (Wildman–Crippen MR) is 229 cm³/mol. The lowest BCUT2D eigenvalue weighted by molar-refractivity contribution is 0.670. The third-order valence-electron chi connectivity index (χ3n) is 10.2. The fourth-order valence-corrected chi connectivity index (χ4v) is 7.70. The number of rotatable bonds is 6. The first-order valence-electron chi connectivity index (χ1n) is 21.3. The van der Waals surface area contributed by atoms with Gasteiger partial charge in [0.1, 0.15) is 11.2 Å². The van der Waals surface area contributed by atoms with Crippen molar-refractivity contribution >= 4 is 43.7 Å². The molecule has 11 aromatic rings. The van der Waals surface area contributed by atoms with Crippen LogP contribution in [0.5, 0.6) is 0 Å². The van der Waals surface area contributed by atoms with Crippen molar-refractivity contribution in [2.45, 2.75) is 0 Å². The summed E-state index contributed by atoms with van der Waals surface area (Å²) in [7, 11) is 0. The van der Waals surface area contributed by atoms with Crippen LogP contribution in [-0.2, 0) is 0 Å². The number of fused-ring (bicyclic) bond motifs is 6. The molecule has 11 rings (SSSR count). The second-order valence-electron chi connectivity index (χ2n) is 13.5. The van der Waals surface area contributed by atoms with Gasteiger partial charge in [-0.15, -0.1) is 0 Å². The molecular formula is C51H32N4O. The zero-order valence-electron chi connectivity index (χ0n) is 35.7. The smallest absolute Gasteiger partial charge is 0.164 e. The molecule has 5 nitrogen and oxygen atoms in total. The van der Waals surface area contributed by atoms with E-state index < -0.39 is 0 Å². The molecule has 0 spiro atoms. The average molecular weight is 723 g/mol. The summed E-state index contributed by atoms with van der Waals surface area (Å²) < 4.78 is 62.4. The molecule has 0 N–H and O–H groups in total. The molecule has 5 heteroatoms. The van der Waals surface area contributed by atoms with Crippen molar-refractivity contribution in [2.24, 2.45) is 0 Å². The second kappa shape index (κ2) is 13.0. The third kappa shape index (κ3) is 5.21. The highest BCUT2D eigenvalue weighted by molar-refractivity contribution is 6.12. The minimum absolute atomic E-state index is 0.0158. The molecule has 0 unspecified atom stereocenters. The van der Waals surface area contributed by atoms with E-state index in [9.17, 15) is 1.37 Å². The molecule has 0 bridgehead atoms. The van der Waals surface area contributed by atoms with Crippen molar-refractivity contribution in [3.8, 4) is 62.1 Å². The maximum Gasteiger partial charge on any atom is 0.164 e. The number of hydrogen-bond donors (Lipinski definition) is 0.